The molecular weight excluding hydrogens is 346 g/mol. The summed E-state index contributed by atoms with van der Waals surface area (Å²) < 4.78 is 10.6. The Morgan fingerprint density at radius 3 is 2.59 bits per heavy atom. The third-order valence-electron chi connectivity index (χ3n) is 4.70. The zero-order valence-corrected chi connectivity index (χ0v) is 15.1. The van der Waals surface area contributed by atoms with Crippen LogP contribution in [0.5, 0.6) is 11.5 Å². The van der Waals surface area contributed by atoms with Crippen LogP contribution >= 0.6 is 0 Å². The lowest BCUT2D eigenvalue weighted by atomic mass is 10.0. The lowest BCUT2D eigenvalue weighted by Crippen LogP contribution is -2.35. The van der Waals surface area contributed by atoms with Gasteiger partial charge in [-0.25, -0.2) is 4.79 Å². The number of nitrogens with one attached hydrogen (secondary N) is 2. The SMILES string of the molecule is CCC(=O)N1CCCc2ccc(NC(=O)Nc3ccc4c(c3)OCO4)cc21. The van der Waals surface area contributed by atoms with E-state index in [9.17, 15) is 9.59 Å². The van der Waals surface area contributed by atoms with Gasteiger partial charge in [0.1, 0.15) is 0 Å². The quantitative estimate of drug-likeness (QED) is 0.866. The minimum Gasteiger partial charge on any atom is -0.454 e. The average molecular weight is 367 g/mol. The smallest absolute Gasteiger partial charge is 0.323 e. The van der Waals surface area contributed by atoms with Gasteiger partial charge < -0.3 is 25.0 Å². The molecule has 140 valence electrons. The molecule has 0 bridgehead atoms. The molecule has 2 N–H and O–H groups in total. The minimum atomic E-state index is -0.363. The van der Waals surface area contributed by atoms with E-state index in [-0.39, 0.29) is 18.7 Å². The number of urea groups is 1. The highest BCUT2D eigenvalue weighted by atomic mass is 16.7. The van der Waals surface area contributed by atoms with Gasteiger partial charge in [-0.05, 0) is 42.7 Å². The molecule has 0 atom stereocenters. The molecule has 27 heavy (non-hydrogen) atoms. The number of carbonyl (C=O) groups excluding carboxylic acids is 2. The van der Waals surface area contributed by atoms with Crippen LogP contribution in [0.15, 0.2) is 36.4 Å². The second-order valence-electron chi connectivity index (χ2n) is 6.49. The summed E-state index contributed by atoms with van der Waals surface area (Å²) in [5.41, 5.74) is 3.26. The first-order valence-corrected chi connectivity index (χ1v) is 9.05. The van der Waals surface area contributed by atoms with Gasteiger partial charge in [-0.15, -0.1) is 0 Å². The Hall–Kier alpha value is -3.22. The molecular formula is C20H21N3O4. The van der Waals surface area contributed by atoms with Crippen LogP contribution in [0.4, 0.5) is 21.9 Å². The van der Waals surface area contributed by atoms with E-state index in [0.717, 1.165) is 24.1 Å². The fraction of sp³-hybridized carbons (Fsp3) is 0.300. The van der Waals surface area contributed by atoms with Gasteiger partial charge >= 0.3 is 6.03 Å². The molecule has 0 fully saturated rings. The molecule has 2 aliphatic heterocycles. The molecule has 2 aromatic rings. The number of fused-ring (bicyclic) bond motifs is 2. The van der Waals surface area contributed by atoms with E-state index in [4.69, 9.17) is 9.47 Å². The lowest BCUT2D eigenvalue weighted by molar-refractivity contribution is -0.118. The summed E-state index contributed by atoms with van der Waals surface area (Å²) in [5.74, 6) is 1.37. The predicted molar refractivity (Wildman–Crippen MR) is 103 cm³/mol. The lowest BCUT2D eigenvalue weighted by Gasteiger charge is -2.29. The van der Waals surface area contributed by atoms with Crippen molar-refractivity contribution >= 4 is 29.0 Å². The highest BCUT2D eigenvalue weighted by Crippen LogP contribution is 2.34. The molecule has 0 aliphatic carbocycles. The van der Waals surface area contributed by atoms with Crippen LogP contribution in [0.3, 0.4) is 0 Å². The molecule has 4 rings (SSSR count). The Bertz CT molecular complexity index is 897. The molecule has 3 amide bonds. The van der Waals surface area contributed by atoms with Crippen LogP contribution in [-0.2, 0) is 11.2 Å². The van der Waals surface area contributed by atoms with Crippen molar-refractivity contribution in [2.75, 3.05) is 28.9 Å². The third-order valence-corrected chi connectivity index (χ3v) is 4.70. The van der Waals surface area contributed by atoms with E-state index in [1.54, 1.807) is 23.1 Å². The van der Waals surface area contributed by atoms with E-state index >= 15 is 0 Å². The first-order valence-electron chi connectivity index (χ1n) is 9.05. The summed E-state index contributed by atoms with van der Waals surface area (Å²) in [6.07, 6.45) is 2.35. The second kappa shape index (κ2) is 7.19. The Labute approximate surface area is 157 Å². The molecule has 0 saturated heterocycles. The van der Waals surface area contributed by atoms with Crippen molar-refractivity contribution in [1.82, 2.24) is 0 Å². The summed E-state index contributed by atoms with van der Waals surface area (Å²) in [6, 6.07) is 10.6. The van der Waals surface area contributed by atoms with Gasteiger partial charge in [-0.1, -0.05) is 13.0 Å². The van der Waals surface area contributed by atoms with Crippen molar-refractivity contribution in [3.8, 4) is 11.5 Å². The van der Waals surface area contributed by atoms with Crippen molar-refractivity contribution < 1.29 is 19.1 Å². The maximum Gasteiger partial charge on any atom is 0.323 e. The minimum absolute atomic E-state index is 0.0953. The van der Waals surface area contributed by atoms with Crippen LogP contribution < -0.4 is 25.0 Å². The Morgan fingerprint density at radius 2 is 1.78 bits per heavy atom. The number of rotatable bonds is 3. The molecule has 7 heteroatoms. The Morgan fingerprint density at radius 1 is 1.04 bits per heavy atom. The van der Waals surface area contributed by atoms with E-state index < -0.39 is 0 Å². The number of aryl methyl sites for hydroxylation is 1. The number of amides is 3. The third kappa shape index (κ3) is 3.53. The molecule has 0 aromatic heterocycles. The monoisotopic (exact) mass is 367 g/mol. The molecule has 0 radical (unpaired) electrons. The Balaban J connectivity index is 1.48. The number of nitrogens with zero attached hydrogens (tertiary/aromatic N) is 1. The zero-order chi connectivity index (χ0) is 18.8. The number of hydrogen-bond acceptors (Lipinski definition) is 4. The molecule has 2 aliphatic rings. The summed E-state index contributed by atoms with van der Waals surface area (Å²) >= 11 is 0. The van der Waals surface area contributed by atoms with E-state index in [0.29, 0.717) is 35.8 Å². The van der Waals surface area contributed by atoms with E-state index in [2.05, 4.69) is 10.6 Å². The number of ether oxygens (including phenoxy) is 2. The van der Waals surface area contributed by atoms with Gasteiger partial charge in [-0.2, -0.15) is 0 Å². The fourth-order valence-corrected chi connectivity index (χ4v) is 3.37. The number of anilines is 3. The number of carbonyl (C=O) groups is 2. The molecule has 7 nitrogen and oxygen atoms in total. The highest BCUT2D eigenvalue weighted by Gasteiger charge is 2.22. The number of benzene rings is 2. The first-order chi connectivity index (χ1) is 13.1. The van der Waals surface area contributed by atoms with Gasteiger partial charge in [0, 0.05) is 36.1 Å². The van der Waals surface area contributed by atoms with Crippen LogP contribution in [0.25, 0.3) is 0 Å². The van der Waals surface area contributed by atoms with Crippen molar-refractivity contribution in [1.29, 1.82) is 0 Å². The zero-order valence-electron chi connectivity index (χ0n) is 15.1. The topological polar surface area (TPSA) is 79.9 Å². The second-order valence-corrected chi connectivity index (χ2v) is 6.49. The standard InChI is InChI=1S/C20H21N3O4/c1-2-19(24)23-9-3-4-13-5-6-14(10-16(13)23)21-20(25)22-15-7-8-17-18(11-15)27-12-26-17/h5-8,10-11H,2-4,9,12H2,1H3,(H2,21,22,25). The maximum absolute atomic E-state index is 12.3. The van der Waals surface area contributed by atoms with Gasteiger partial charge in [0.2, 0.25) is 12.7 Å². The van der Waals surface area contributed by atoms with Gasteiger partial charge in [0.05, 0.1) is 0 Å². The molecule has 0 unspecified atom stereocenters. The van der Waals surface area contributed by atoms with Crippen LogP contribution in [0.2, 0.25) is 0 Å². The largest absolute Gasteiger partial charge is 0.454 e. The summed E-state index contributed by atoms with van der Waals surface area (Å²) in [5, 5.41) is 5.60. The summed E-state index contributed by atoms with van der Waals surface area (Å²) in [7, 11) is 0. The normalized spacial score (nSPS) is 14.5. The van der Waals surface area contributed by atoms with Crippen molar-refractivity contribution in [3.05, 3.63) is 42.0 Å². The van der Waals surface area contributed by atoms with Crippen LogP contribution in [-0.4, -0.2) is 25.3 Å². The highest BCUT2D eigenvalue weighted by molar-refractivity contribution is 6.01. The first kappa shape index (κ1) is 17.2. The average Bonchev–Trinajstić information content (AvgIpc) is 3.14. The fourth-order valence-electron chi connectivity index (χ4n) is 3.37. The predicted octanol–water partition coefficient (Wildman–Crippen LogP) is 3.75. The van der Waals surface area contributed by atoms with Crippen LogP contribution in [0.1, 0.15) is 25.3 Å². The number of hydrogen-bond donors (Lipinski definition) is 2. The van der Waals surface area contributed by atoms with E-state index in [1.165, 1.54) is 0 Å². The Kier molecular flexibility index (Phi) is 4.58. The van der Waals surface area contributed by atoms with Gasteiger partial charge in [0.25, 0.3) is 0 Å². The molecule has 2 aromatic carbocycles. The molecule has 0 spiro atoms. The molecule has 2 heterocycles. The van der Waals surface area contributed by atoms with Crippen molar-refractivity contribution in [3.63, 3.8) is 0 Å². The van der Waals surface area contributed by atoms with Crippen LogP contribution in [0, 0.1) is 0 Å². The maximum atomic E-state index is 12.3. The van der Waals surface area contributed by atoms with Crippen molar-refractivity contribution in [2.24, 2.45) is 0 Å². The molecule has 0 saturated carbocycles. The van der Waals surface area contributed by atoms with Gasteiger partial charge in [-0.3, -0.25) is 4.79 Å². The van der Waals surface area contributed by atoms with Gasteiger partial charge in [0.15, 0.2) is 11.5 Å². The summed E-state index contributed by atoms with van der Waals surface area (Å²) in [4.78, 5) is 26.4. The summed E-state index contributed by atoms with van der Waals surface area (Å²) in [6.45, 7) is 2.76. The van der Waals surface area contributed by atoms with E-state index in [1.807, 2.05) is 25.1 Å². The van der Waals surface area contributed by atoms with Crippen molar-refractivity contribution in [2.45, 2.75) is 26.2 Å².